The molecule has 2 rings (SSSR count). The van der Waals surface area contributed by atoms with Crippen molar-refractivity contribution in [3.63, 3.8) is 0 Å². The predicted octanol–water partition coefficient (Wildman–Crippen LogP) is 2.19. The van der Waals surface area contributed by atoms with E-state index < -0.39 is 5.41 Å². The summed E-state index contributed by atoms with van der Waals surface area (Å²) in [5, 5.41) is 2.96. The Bertz CT molecular complexity index is 375. The van der Waals surface area contributed by atoms with Crippen molar-refractivity contribution in [3.05, 3.63) is 0 Å². The number of carbonyl (C=O) groups is 2. The van der Waals surface area contributed by atoms with Gasteiger partial charge < -0.3 is 10.2 Å². The first-order valence-electron chi connectivity index (χ1n) is 8.03. The average Bonchev–Trinajstić information content (AvgIpc) is 3.19. The van der Waals surface area contributed by atoms with Gasteiger partial charge in [-0.05, 0) is 43.9 Å². The van der Waals surface area contributed by atoms with E-state index in [2.05, 4.69) is 26.1 Å². The fraction of sp³-hybridized carbons (Fsp3) is 0.875. The Morgan fingerprint density at radius 1 is 1.35 bits per heavy atom. The molecule has 0 aromatic heterocycles. The Morgan fingerprint density at radius 3 is 2.60 bits per heavy atom. The number of hydrogen-bond donors (Lipinski definition) is 1. The van der Waals surface area contributed by atoms with Gasteiger partial charge in [0, 0.05) is 19.6 Å². The van der Waals surface area contributed by atoms with Gasteiger partial charge in [-0.2, -0.15) is 0 Å². The smallest absolute Gasteiger partial charge is 0.238 e. The lowest BCUT2D eigenvalue weighted by Crippen LogP contribution is -2.48. The highest BCUT2D eigenvalue weighted by molar-refractivity contribution is 6.07. The molecule has 1 saturated heterocycles. The van der Waals surface area contributed by atoms with E-state index in [1.54, 1.807) is 0 Å². The largest absolute Gasteiger partial charge is 0.355 e. The molecule has 20 heavy (non-hydrogen) atoms. The minimum atomic E-state index is -0.714. The van der Waals surface area contributed by atoms with Crippen molar-refractivity contribution in [2.75, 3.05) is 19.6 Å². The molecule has 1 aliphatic carbocycles. The monoisotopic (exact) mass is 280 g/mol. The number of rotatable bonds is 5. The molecule has 1 unspecified atom stereocenters. The summed E-state index contributed by atoms with van der Waals surface area (Å²) in [6.45, 7) is 8.78. The van der Waals surface area contributed by atoms with Gasteiger partial charge in [-0.1, -0.05) is 20.8 Å². The molecule has 0 bridgehead atoms. The Kier molecular flexibility index (Phi) is 4.71. The van der Waals surface area contributed by atoms with Gasteiger partial charge in [0.1, 0.15) is 5.41 Å². The molecular formula is C16H28N2O2. The van der Waals surface area contributed by atoms with Gasteiger partial charge in [-0.25, -0.2) is 0 Å². The van der Waals surface area contributed by atoms with E-state index in [4.69, 9.17) is 0 Å². The zero-order valence-electron chi connectivity index (χ0n) is 13.1. The molecule has 0 aromatic carbocycles. The fourth-order valence-corrected chi connectivity index (χ4v) is 2.98. The normalized spacial score (nSPS) is 24.6. The molecule has 114 valence electrons. The number of nitrogens with one attached hydrogen (secondary N) is 1. The van der Waals surface area contributed by atoms with Crippen LogP contribution in [-0.4, -0.2) is 36.3 Å². The van der Waals surface area contributed by atoms with E-state index >= 15 is 0 Å². The summed E-state index contributed by atoms with van der Waals surface area (Å²) in [5.74, 6) is 1.17. The highest BCUT2D eigenvalue weighted by Gasteiger charge is 2.58. The van der Waals surface area contributed by atoms with Gasteiger partial charge in [-0.3, -0.25) is 9.59 Å². The minimum Gasteiger partial charge on any atom is -0.355 e. The van der Waals surface area contributed by atoms with Crippen molar-refractivity contribution in [1.82, 2.24) is 10.2 Å². The molecule has 1 aliphatic heterocycles. The van der Waals surface area contributed by atoms with Crippen LogP contribution in [0.5, 0.6) is 0 Å². The van der Waals surface area contributed by atoms with Crippen LogP contribution >= 0.6 is 0 Å². The van der Waals surface area contributed by atoms with Crippen LogP contribution in [0.25, 0.3) is 0 Å². The van der Waals surface area contributed by atoms with Gasteiger partial charge >= 0.3 is 0 Å². The quantitative estimate of drug-likeness (QED) is 0.785. The third kappa shape index (κ3) is 3.33. The molecule has 1 heterocycles. The maximum Gasteiger partial charge on any atom is 0.238 e. The zero-order chi connectivity index (χ0) is 14.8. The van der Waals surface area contributed by atoms with Gasteiger partial charge in [-0.15, -0.1) is 0 Å². The number of nitrogens with zero attached hydrogens (tertiary/aromatic N) is 1. The lowest BCUT2D eigenvalue weighted by Gasteiger charge is -2.33. The number of piperidine rings is 1. The van der Waals surface area contributed by atoms with Crippen LogP contribution in [0.2, 0.25) is 0 Å². The SMILES string of the molecule is CC(C)CCNC(=O)C1(C(=O)N2CCCC(C)C2)CC1. The first kappa shape index (κ1) is 15.3. The fourth-order valence-electron chi connectivity index (χ4n) is 2.98. The van der Waals surface area contributed by atoms with Crippen LogP contribution in [0.15, 0.2) is 0 Å². The zero-order valence-corrected chi connectivity index (χ0v) is 13.1. The maximum absolute atomic E-state index is 12.6. The van der Waals surface area contributed by atoms with Gasteiger partial charge in [0.05, 0.1) is 0 Å². The van der Waals surface area contributed by atoms with Crippen LogP contribution in [-0.2, 0) is 9.59 Å². The highest BCUT2D eigenvalue weighted by atomic mass is 16.2. The second-order valence-electron chi connectivity index (χ2n) is 7.02. The van der Waals surface area contributed by atoms with E-state index in [9.17, 15) is 9.59 Å². The Morgan fingerprint density at radius 2 is 2.05 bits per heavy atom. The number of amides is 2. The van der Waals surface area contributed by atoms with Crippen molar-refractivity contribution in [1.29, 1.82) is 0 Å². The van der Waals surface area contributed by atoms with E-state index in [0.717, 1.165) is 38.8 Å². The Labute approximate surface area is 122 Å². The van der Waals surface area contributed by atoms with Crippen LogP contribution in [0.4, 0.5) is 0 Å². The third-order valence-electron chi connectivity index (χ3n) is 4.55. The Balaban J connectivity index is 1.89. The van der Waals surface area contributed by atoms with E-state index in [1.165, 1.54) is 6.42 Å². The summed E-state index contributed by atoms with van der Waals surface area (Å²) in [6.07, 6.45) is 4.68. The average molecular weight is 280 g/mol. The van der Waals surface area contributed by atoms with Crippen molar-refractivity contribution in [3.8, 4) is 0 Å². The van der Waals surface area contributed by atoms with Crippen LogP contribution in [0.3, 0.4) is 0 Å². The van der Waals surface area contributed by atoms with Gasteiger partial charge in [0.25, 0.3) is 0 Å². The van der Waals surface area contributed by atoms with Crippen LogP contribution in [0.1, 0.15) is 52.9 Å². The molecule has 4 nitrogen and oxygen atoms in total. The lowest BCUT2D eigenvalue weighted by atomic mass is 9.96. The summed E-state index contributed by atoms with van der Waals surface area (Å²) >= 11 is 0. The summed E-state index contributed by atoms with van der Waals surface area (Å²) < 4.78 is 0. The first-order valence-corrected chi connectivity index (χ1v) is 8.03. The Hall–Kier alpha value is -1.06. The second-order valence-corrected chi connectivity index (χ2v) is 7.02. The molecule has 0 radical (unpaired) electrons. The summed E-state index contributed by atoms with van der Waals surface area (Å²) in [4.78, 5) is 26.9. The summed E-state index contributed by atoms with van der Waals surface area (Å²) in [6, 6.07) is 0. The molecule has 1 N–H and O–H groups in total. The van der Waals surface area contributed by atoms with Gasteiger partial charge in [0.2, 0.25) is 11.8 Å². The van der Waals surface area contributed by atoms with E-state index in [1.807, 2.05) is 4.90 Å². The molecule has 2 amide bonds. The van der Waals surface area contributed by atoms with Crippen molar-refractivity contribution in [2.24, 2.45) is 17.3 Å². The molecular weight excluding hydrogens is 252 g/mol. The van der Waals surface area contributed by atoms with E-state index in [0.29, 0.717) is 18.4 Å². The van der Waals surface area contributed by atoms with Crippen LogP contribution in [0, 0.1) is 17.3 Å². The first-order chi connectivity index (χ1) is 9.45. The molecule has 4 heteroatoms. The maximum atomic E-state index is 12.6. The van der Waals surface area contributed by atoms with Crippen molar-refractivity contribution >= 4 is 11.8 Å². The minimum absolute atomic E-state index is 0.0404. The van der Waals surface area contributed by atoms with Crippen molar-refractivity contribution in [2.45, 2.75) is 52.9 Å². The standard InChI is InChI=1S/C16H28N2O2/c1-12(2)6-9-17-14(19)16(7-8-16)15(20)18-10-4-5-13(3)11-18/h12-13H,4-11H2,1-3H3,(H,17,19). The van der Waals surface area contributed by atoms with Crippen LogP contribution < -0.4 is 5.32 Å². The molecule has 0 aromatic rings. The molecule has 1 saturated carbocycles. The predicted molar refractivity (Wildman–Crippen MR) is 79.1 cm³/mol. The number of hydrogen-bond acceptors (Lipinski definition) is 2. The van der Waals surface area contributed by atoms with Gasteiger partial charge in [0.15, 0.2) is 0 Å². The summed E-state index contributed by atoms with van der Waals surface area (Å²) in [7, 11) is 0. The summed E-state index contributed by atoms with van der Waals surface area (Å²) in [5.41, 5.74) is -0.714. The third-order valence-corrected chi connectivity index (χ3v) is 4.55. The molecule has 0 spiro atoms. The molecule has 2 fully saturated rings. The highest BCUT2D eigenvalue weighted by Crippen LogP contribution is 2.48. The second kappa shape index (κ2) is 6.15. The molecule has 1 atom stereocenters. The lowest BCUT2D eigenvalue weighted by molar-refractivity contribution is -0.145. The molecule has 2 aliphatic rings. The van der Waals surface area contributed by atoms with E-state index in [-0.39, 0.29) is 11.8 Å². The van der Waals surface area contributed by atoms with Crippen molar-refractivity contribution < 1.29 is 9.59 Å². The topological polar surface area (TPSA) is 49.4 Å². The number of carbonyl (C=O) groups excluding carboxylic acids is 2. The number of likely N-dealkylation sites (tertiary alicyclic amines) is 1.